The highest BCUT2D eigenvalue weighted by atomic mass is 16.3. The Balaban J connectivity index is 0.969. The van der Waals surface area contributed by atoms with Crippen LogP contribution in [0.3, 0.4) is 0 Å². The van der Waals surface area contributed by atoms with E-state index in [0.29, 0.717) is 0 Å². The van der Waals surface area contributed by atoms with E-state index in [1.54, 1.807) is 0 Å². The van der Waals surface area contributed by atoms with E-state index in [2.05, 4.69) is 193 Å². The lowest BCUT2D eigenvalue weighted by Crippen LogP contribution is -2.09. The van der Waals surface area contributed by atoms with Gasteiger partial charge in [-0.25, -0.2) is 9.97 Å². The van der Waals surface area contributed by atoms with Gasteiger partial charge in [0, 0.05) is 50.4 Å². The molecule has 2 heterocycles. The molecule has 11 rings (SSSR count). The largest absolute Gasteiger partial charge is 0.456 e. The van der Waals surface area contributed by atoms with Crippen LogP contribution in [0, 0.1) is 0 Å². The summed E-state index contributed by atoms with van der Waals surface area (Å²) in [5.41, 5.74) is 15.1. The fraction of sp³-hybridized carbons (Fsp3) is 0. The van der Waals surface area contributed by atoms with E-state index in [1.165, 1.54) is 11.1 Å². The van der Waals surface area contributed by atoms with Crippen molar-refractivity contribution < 1.29 is 4.42 Å². The third-order valence-corrected chi connectivity index (χ3v) is 11.0. The van der Waals surface area contributed by atoms with Crippen molar-refractivity contribution in [2.24, 2.45) is 0 Å². The molecule has 0 bridgehead atoms. The maximum Gasteiger partial charge on any atom is 0.137 e. The van der Waals surface area contributed by atoms with E-state index >= 15 is 0 Å². The highest BCUT2D eigenvalue weighted by Crippen LogP contribution is 2.42. The Labute approximate surface area is 335 Å². The first-order valence-electron chi connectivity index (χ1n) is 19.6. The van der Waals surface area contributed by atoms with Gasteiger partial charge in [-0.1, -0.05) is 152 Å². The minimum absolute atomic E-state index is 0.856. The standard InChI is InChI=1S/C54H35N3O/c1-5-14-37(15-6-1)45-22-13-23-49-51(45)47-32-30-44(35-50(47)58-49)57(42-20-11-4-12-21-42)43-28-24-36(25-29-43)40-26-31-46-41(34-40)27-33-48-54(46)56-53(39-18-9-3-10-19-39)52(55-48)38-16-7-2-8-17-38/h1-35H. The molecule has 0 unspecified atom stereocenters. The molecule has 2 aromatic heterocycles. The molecule has 11 aromatic rings. The van der Waals surface area contributed by atoms with E-state index in [-0.39, 0.29) is 0 Å². The van der Waals surface area contributed by atoms with Crippen LogP contribution in [0.5, 0.6) is 0 Å². The zero-order valence-electron chi connectivity index (χ0n) is 31.5. The minimum Gasteiger partial charge on any atom is -0.456 e. The van der Waals surface area contributed by atoms with Crippen LogP contribution in [0.1, 0.15) is 0 Å². The van der Waals surface area contributed by atoms with Gasteiger partial charge in [-0.15, -0.1) is 0 Å². The molecular weight excluding hydrogens is 707 g/mol. The predicted molar refractivity (Wildman–Crippen MR) is 241 cm³/mol. The summed E-state index contributed by atoms with van der Waals surface area (Å²) < 4.78 is 6.54. The minimum atomic E-state index is 0.856. The Bertz CT molecular complexity index is 3250. The van der Waals surface area contributed by atoms with Crippen LogP contribution in [-0.2, 0) is 0 Å². The van der Waals surface area contributed by atoms with Crippen molar-refractivity contribution in [3.05, 3.63) is 212 Å². The average molecular weight is 742 g/mol. The molecular formula is C54H35N3O. The number of anilines is 3. The third-order valence-electron chi connectivity index (χ3n) is 11.0. The molecule has 0 aliphatic heterocycles. The second-order valence-corrected chi connectivity index (χ2v) is 14.6. The topological polar surface area (TPSA) is 42.2 Å². The Morgan fingerprint density at radius 3 is 1.66 bits per heavy atom. The molecule has 0 atom stereocenters. The van der Waals surface area contributed by atoms with Crippen LogP contribution in [0.2, 0.25) is 0 Å². The molecule has 0 N–H and O–H groups in total. The van der Waals surface area contributed by atoms with Crippen LogP contribution in [0.15, 0.2) is 217 Å². The first-order valence-corrected chi connectivity index (χ1v) is 19.6. The van der Waals surface area contributed by atoms with Crippen molar-refractivity contribution in [3.63, 3.8) is 0 Å². The number of aromatic nitrogens is 2. The van der Waals surface area contributed by atoms with Crippen molar-refractivity contribution >= 4 is 60.8 Å². The number of furan rings is 1. The van der Waals surface area contributed by atoms with Gasteiger partial charge < -0.3 is 9.32 Å². The number of rotatable bonds is 7. The molecule has 272 valence electrons. The number of nitrogens with zero attached hydrogens (tertiary/aromatic N) is 3. The first-order chi connectivity index (χ1) is 28.7. The Hall–Kier alpha value is -7.82. The molecule has 0 aliphatic carbocycles. The van der Waals surface area contributed by atoms with Gasteiger partial charge in [-0.2, -0.15) is 0 Å². The summed E-state index contributed by atoms with van der Waals surface area (Å²) in [7, 11) is 0. The van der Waals surface area contributed by atoms with Crippen LogP contribution in [0.25, 0.3) is 88.5 Å². The van der Waals surface area contributed by atoms with E-state index < -0.39 is 0 Å². The summed E-state index contributed by atoms with van der Waals surface area (Å²) in [5.74, 6) is 0. The molecule has 4 nitrogen and oxygen atoms in total. The Morgan fingerprint density at radius 1 is 0.362 bits per heavy atom. The first kappa shape index (κ1) is 33.5. The van der Waals surface area contributed by atoms with E-state index in [4.69, 9.17) is 14.4 Å². The van der Waals surface area contributed by atoms with Crippen molar-refractivity contribution in [1.82, 2.24) is 9.97 Å². The molecule has 0 saturated carbocycles. The van der Waals surface area contributed by atoms with Crippen molar-refractivity contribution in [3.8, 4) is 44.8 Å². The monoisotopic (exact) mass is 741 g/mol. The summed E-state index contributed by atoms with van der Waals surface area (Å²) in [6.45, 7) is 0. The normalized spacial score (nSPS) is 11.4. The van der Waals surface area contributed by atoms with Gasteiger partial charge in [0.05, 0.1) is 22.4 Å². The van der Waals surface area contributed by atoms with Crippen LogP contribution < -0.4 is 4.90 Å². The lowest BCUT2D eigenvalue weighted by atomic mass is 9.99. The van der Waals surface area contributed by atoms with Crippen LogP contribution >= 0.6 is 0 Å². The molecule has 0 saturated heterocycles. The van der Waals surface area contributed by atoms with Gasteiger partial charge in [-0.05, 0) is 82.2 Å². The second-order valence-electron chi connectivity index (χ2n) is 14.6. The quantitative estimate of drug-likeness (QED) is 0.153. The van der Waals surface area contributed by atoms with Gasteiger partial charge in [0.15, 0.2) is 0 Å². The highest BCUT2D eigenvalue weighted by molar-refractivity contribution is 6.13. The predicted octanol–water partition coefficient (Wildman–Crippen LogP) is 14.8. The molecule has 0 fully saturated rings. The van der Waals surface area contributed by atoms with Crippen molar-refractivity contribution in [2.45, 2.75) is 0 Å². The average Bonchev–Trinajstić information content (AvgIpc) is 3.68. The number of para-hydroxylation sites is 1. The summed E-state index contributed by atoms with van der Waals surface area (Å²) in [6.07, 6.45) is 0. The van der Waals surface area contributed by atoms with Crippen molar-refractivity contribution in [1.29, 1.82) is 0 Å². The summed E-state index contributed by atoms with van der Waals surface area (Å²) in [5, 5.41) is 4.43. The van der Waals surface area contributed by atoms with Gasteiger partial charge in [-0.3, -0.25) is 0 Å². The van der Waals surface area contributed by atoms with Gasteiger partial charge in [0.2, 0.25) is 0 Å². The molecule has 9 aromatic carbocycles. The Morgan fingerprint density at radius 2 is 0.948 bits per heavy atom. The molecule has 58 heavy (non-hydrogen) atoms. The summed E-state index contributed by atoms with van der Waals surface area (Å²) in [6, 6.07) is 74.3. The highest BCUT2D eigenvalue weighted by Gasteiger charge is 2.19. The maximum atomic E-state index is 6.54. The summed E-state index contributed by atoms with van der Waals surface area (Å²) >= 11 is 0. The lowest BCUT2D eigenvalue weighted by Gasteiger charge is -2.25. The zero-order chi connectivity index (χ0) is 38.4. The van der Waals surface area contributed by atoms with Crippen LogP contribution in [-0.4, -0.2) is 9.97 Å². The summed E-state index contributed by atoms with van der Waals surface area (Å²) in [4.78, 5) is 12.8. The molecule has 4 heteroatoms. The number of hydrogen-bond donors (Lipinski definition) is 0. The third kappa shape index (κ3) is 5.87. The van der Waals surface area contributed by atoms with E-state index in [0.717, 1.165) is 94.4 Å². The van der Waals surface area contributed by atoms with E-state index in [9.17, 15) is 0 Å². The fourth-order valence-electron chi connectivity index (χ4n) is 8.26. The molecule has 0 spiro atoms. The van der Waals surface area contributed by atoms with Gasteiger partial charge >= 0.3 is 0 Å². The molecule has 0 radical (unpaired) electrons. The van der Waals surface area contributed by atoms with Gasteiger partial charge in [0.1, 0.15) is 11.2 Å². The number of benzene rings is 9. The molecule has 0 amide bonds. The smallest absolute Gasteiger partial charge is 0.137 e. The van der Waals surface area contributed by atoms with Crippen LogP contribution in [0.4, 0.5) is 17.1 Å². The lowest BCUT2D eigenvalue weighted by molar-refractivity contribution is 0.669. The number of hydrogen-bond acceptors (Lipinski definition) is 4. The SMILES string of the molecule is c1ccc(-c2nc3ccc4cc(-c5ccc(N(c6ccccc6)c6ccc7c(c6)oc6cccc(-c8ccccc8)c67)cc5)ccc4c3nc2-c2ccccc2)cc1. The fourth-order valence-corrected chi connectivity index (χ4v) is 8.26. The maximum absolute atomic E-state index is 6.54. The zero-order valence-corrected chi connectivity index (χ0v) is 31.5. The Kier molecular flexibility index (Phi) is 8.11. The van der Waals surface area contributed by atoms with E-state index in [1.807, 2.05) is 24.3 Å². The van der Waals surface area contributed by atoms with Crippen molar-refractivity contribution in [2.75, 3.05) is 4.90 Å². The second kappa shape index (κ2) is 14.0. The number of fused-ring (bicyclic) bond motifs is 6. The van der Waals surface area contributed by atoms with Gasteiger partial charge in [0.25, 0.3) is 0 Å². The molecule has 0 aliphatic rings.